The predicted octanol–water partition coefficient (Wildman–Crippen LogP) is 5.10. The zero-order valence-electron chi connectivity index (χ0n) is 25.4. The molecule has 4 atom stereocenters. The Morgan fingerprint density at radius 3 is 2.64 bits per heavy atom. The van der Waals surface area contributed by atoms with E-state index >= 15 is 4.39 Å². The lowest BCUT2D eigenvalue weighted by Crippen LogP contribution is -2.43. The molecule has 17 heteroatoms. The van der Waals surface area contributed by atoms with Crippen LogP contribution in [-0.2, 0) is 6.18 Å². The van der Waals surface area contributed by atoms with Crippen LogP contribution in [0.3, 0.4) is 0 Å². The minimum atomic E-state index is -5.60. The Hall–Kier alpha value is -4.17. The van der Waals surface area contributed by atoms with Gasteiger partial charge in [-0.15, -0.1) is 0 Å². The van der Waals surface area contributed by atoms with Crippen molar-refractivity contribution in [1.29, 1.82) is 5.26 Å². The number of fused-ring (bicyclic) bond motifs is 1. The third kappa shape index (κ3) is 5.81. The van der Waals surface area contributed by atoms with Crippen molar-refractivity contribution < 1.29 is 40.2 Å². The standard InChI is InChI=1S/C30H31F7N8O2/c1-13-10-41-26-18-25(43-28(44-26)46-12-29-5-3-7-45(29)11-15(31)8-29)22(34)24(42-27(18)47-14(2)4-6-40-13)17-16(9-38)23(39)21(33)20(32)19(17)30(35,36)37/h13-15,40H,3-8,10-12,39H2,1-2H3,(H,41,43,44)/t13?,14-,15+,29?/m0/s1. The summed E-state index contributed by atoms with van der Waals surface area (Å²) in [6, 6.07) is 0.833. The maximum atomic E-state index is 16.7. The number of anilines is 2. The number of benzene rings is 1. The molecule has 2 saturated heterocycles. The average molecular weight is 669 g/mol. The van der Waals surface area contributed by atoms with Crippen molar-refractivity contribution in [3.8, 4) is 29.2 Å². The topological polar surface area (TPSA) is 134 Å². The summed E-state index contributed by atoms with van der Waals surface area (Å²) in [6.45, 7) is 5.10. The van der Waals surface area contributed by atoms with Crippen molar-refractivity contribution in [3.63, 3.8) is 0 Å². The maximum Gasteiger partial charge on any atom is 0.420 e. The molecule has 252 valence electrons. The number of halogens is 7. The Bertz CT molecular complexity index is 1770. The first kappa shape index (κ1) is 32.8. The number of hydrogen-bond donors (Lipinski definition) is 3. The van der Waals surface area contributed by atoms with Gasteiger partial charge in [0.05, 0.1) is 22.9 Å². The predicted molar refractivity (Wildman–Crippen MR) is 156 cm³/mol. The summed E-state index contributed by atoms with van der Waals surface area (Å²) >= 11 is 0. The second kappa shape index (κ2) is 12.1. The van der Waals surface area contributed by atoms with Crippen LogP contribution in [0.15, 0.2) is 0 Å². The van der Waals surface area contributed by atoms with E-state index in [4.69, 9.17) is 15.2 Å². The van der Waals surface area contributed by atoms with Gasteiger partial charge in [0.2, 0.25) is 5.88 Å². The maximum absolute atomic E-state index is 16.7. The van der Waals surface area contributed by atoms with Gasteiger partial charge in [-0.3, -0.25) is 4.90 Å². The van der Waals surface area contributed by atoms with Crippen LogP contribution in [0.25, 0.3) is 22.2 Å². The SMILES string of the molecule is CC1CNc2nc(OCC34CCCN3C[C@H](F)C4)nc3c(F)c(-c4c(C#N)c(N)c(F)c(F)c4C(F)(F)F)nc(c23)O[C@@H](C)CCN1. The Morgan fingerprint density at radius 1 is 1.15 bits per heavy atom. The van der Waals surface area contributed by atoms with Crippen molar-refractivity contribution in [3.05, 3.63) is 28.6 Å². The molecule has 5 heterocycles. The summed E-state index contributed by atoms with van der Waals surface area (Å²) in [5, 5.41) is 15.9. The van der Waals surface area contributed by atoms with Crippen molar-refractivity contribution in [2.45, 2.75) is 69.6 Å². The molecular formula is C30H31F7N8O2. The average Bonchev–Trinajstić information content (AvgIpc) is 3.53. The monoisotopic (exact) mass is 668 g/mol. The van der Waals surface area contributed by atoms with Gasteiger partial charge < -0.3 is 25.8 Å². The van der Waals surface area contributed by atoms with Crippen molar-refractivity contribution >= 4 is 22.4 Å². The molecule has 0 amide bonds. The number of hydrogen-bond acceptors (Lipinski definition) is 10. The van der Waals surface area contributed by atoms with E-state index in [1.54, 1.807) is 6.92 Å². The molecule has 4 N–H and O–H groups in total. The van der Waals surface area contributed by atoms with Gasteiger partial charge in [0.25, 0.3) is 0 Å². The summed E-state index contributed by atoms with van der Waals surface area (Å²) in [7, 11) is 0. The van der Waals surface area contributed by atoms with Gasteiger partial charge in [-0.25, -0.2) is 22.5 Å². The number of alkyl halides is 4. The Kier molecular flexibility index (Phi) is 8.45. The lowest BCUT2D eigenvalue weighted by molar-refractivity contribution is -0.139. The second-order valence-electron chi connectivity index (χ2n) is 12.3. The van der Waals surface area contributed by atoms with Crippen molar-refractivity contribution in [1.82, 2.24) is 25.2 Å². The van der Waals surface area contributed by atoms with Gasteiger partial charge in [0.1, 0.15) is 46.8 Å². The highest BCUT2D eigenvalue weighted by atomic mass is 19.4. The molecule has 6 rings (SSSR count). The van der Waals surface area contributed by atoms with E-state index < -0.39 is 80.9 Å². The molecule has 0 aliphatic carbocycles. The Morgan fingerprint density at radius 2 is 1.91 bits per heavy atom. The smallest absolute Gasteiger partial charge is 0.420 e. The Labute approximate surface area is 264 Å². The third-order valence-electron chi connectivity index (χ3n) is 8.94. The normalized spacial score (nSPS) is 25.1. The van der Waals surface area contributed by atoms with E-state index in [1.165, 1.54) is 6.07 Å². The van der Waals surface area contributed by atoms with Gasteiger partial charge in [-0.05, 0) is 46.2 Å². The summed E-state index contributed by atoms with van der Waals surface area (Å²) in [5.74, 6) is -6.52. The molecule has 3 aliphatic rings. The highest BCUT2D eigenvalue weighted by molar-refractivity contribution is 5.97. The molecular weight excluding hydrogens is 637 g/mol. The number of nitriles is 1. The number of pyridine rings is 1. The number of ether oxygens (including phenoxy) is 2. The summed E-state index contributed by atoms with van der Waals surface area (Å²) in [5.41, 5.74) is -3.03. The highest BCUT2D eigenvalue weighted by Gasteiger charge is 2.49. The number of nitrogens with one attached hydrogen (secondary N) is 2. The minimum Gasteiger partial charge on any atom is -0.474 e. The van der Waals surface area contributed by atoms with Crippen LogP contribution in [-0.4, -0.2) is 76.5 Å². The number of nitrogens with two attached hydrogens (primary N) is 1. The molecule has 3 aromatic rings. The fourth-order valence-electron chi connectivity index (χ4n) is 6.64. The highest BCUT2D eigenvalue weighted by Crippen LogP contribution is 2.47. The molecule has 0 spiro atoms. The summed E-state index contributed by atoms with van der Waals surface area (Å²) in [4.78, 5) is 14.6. The van der Waals surface area contributed by atoms with Crippen molar-refractivity contribution in [2.75, 3.05) is 43.8 Å². The molecule has 0 radical (unpaired) electrons. The zero-order valence-corrected chi connectivity index (χ0v) is 25.4. The number of rotatable bonds is 4. The van der Waals surface area contributed by atoms with E-state index in [-0.39, 0.29) is 49.4 Å². The number of nitrogens with zero attached hydrogens (tertiary/aromatic N) is 5. The molecule has 0 saturated carbocycles. The third-order valence-corrected chi connectivity index (χ3v) is 8.94. The van der Waals surface area contributed by atoms with E-state index in [2.05, 4.69) is 25.6 Å². The summed E-state index contributed by atoms with van der Waals surface area (Å²) in [6.07, 6.45) is -5.25. The van der Waals surface area contributed by atoms with Crippen LogP contribution in [0.1, 0.15) is 50.7 Å². The first-order valence-corrected chi connectivity index (χ1v) is 15.1. The molecule has 47 heavy (non-hydrogen) atoms. The molecule has 2 fully saturated rings. The lowest BCUT2D eigenvalue weighted by atomic mass is 9.94. The van der Waals surface area contributed by atoms with E-state index in [0.717, 1.165) is 6.42 Å². The van der Waals surface area contributed by atoms with Gasteiger partial charge in [0.15, 0.2) is 17.5 Å². The Balaban J connectivity index is 1.60. The van der Waals surface area contributed by atoms with Crippen LogP contribution in [0.4, 0.5) is 42.2 Å². The first-order valence-electron chi connectivity index (χ1n) is 15.1. The quantitative estimate of drug-likeness (QED) is 0.255. The molecule has 1 aromatic carbocycles. The van der Waals surface area contributed by atoms with Crippen LogP contribution < -0.4 is 25.8 Å². The molecule has 2 aromatic heterocycles. The first-order chi connectivity index (χ1) is 22.2. The van der Waals surface area contributed by atoms with Crippen LogP contribution in [0, 0.1) is 28.8 Å². The van der Waals surface area contributed by atoms with Gasteiger partial charge >= 0.3 is 12.2 Å². The van der Waals surface area contributed by atoms with Gasteiger partial charge in [-0.2, -0.15) is 28.4 Å². The van der Waals surface area contributed by atoms with E-state index in [0.29, 0.717) is 25.9 Å². The fraction of sp³-hybridized carbons (Fsp3) is 0.533. The van der Waals surface area contributed by atoms with E-state index in [9.17, 15) is 31.6 Å². The minimum absolute atomic E-state index is 0.0300. The molecule has 2 unspecified atom stereocenters. The van der Waals surface area contributed by atoms with E-state index in [1.807, 2.05) is 11.8 Å². The van der Waals surface area contributed by atoms with Crippen molar-refractivity contribution in [2.24, 2.45) is 0 Å². The molecule has 3 aliphatic heterocycles. The number of aromatic nitrogens is 3. The van der Waals surface area contributed by atoms with Crippen LogP contribution >= 0.6 is 0 Å². The number of nitrogen functional groups attached to an aromatic ring is 1. The van der Waals surface area contributed by atoms with Crippen LogP contribution in [0.2, 0.25) is 0 Å². The summed E-state index contributed by atoms with van der Waals surface area (Å²) < 4.78 is 115. The molecule has 10 nitrogen and oxygen atoms in total. The lowest BCUT2D eigenvalue weighted by Gasteiger charge is -2.30. The largest absolute Gasteiger partial charge is 0.474 e. The van der Waals surface area contributed by atoms with Gasteiger partial charge in [0, 0.05) is 31.1 Å². The van der Waals surface area contributed by atoms with Gasteiger partial charge in [-0.1, -0.05) is 0 Å². The fourth-order valence-corrected chi connectivity index (χ4v) is 6.64. The van der Waals surface area contributed by atoms with Crippen LogP contribution in [0.5, 0.6) is 11.9 Å². The second-order valence-corrected chi connectivity index (χ2v) is 12.3. The zero-order chi connectivity index (χ0) is 33.8. The molecule has 0 bridgehead atoms.